The van der Waals surface area contributed by atoms with E-state index in [-0.39, 0.29) is 13.0 Å². The summed E-state index contributed by atoms with van der Waals surface area (Å²) >= 11 is 5.94. The predicted molar refractivity (Wildman–Crippen MR) is 98.9 cm³/mol. The van der Waals surface area contributed by atoms with Gasteiger partial charge in [-0.1, -0.05) is 17.7 Å². The van der Waals surface area contributed by atoms with E-state index in [1.165, 1.54) is 11.0 Å². The lowest BCUT2D eigenvalue weighted by Crippen LogP contribution is -2.52. The molecule has 0 bridgehead atoms. The summed E-state index contributed by atoms with van der Waals surface area (Å²) in [6, 6.07) is 6.35. The van der Waals surface area contributed by atoms with Crippen LogP contribution in [0.1, 0.15) is 23.7 Å². The Morgan fingerprint density at radius 1 is 1.41 bits per heavy atom. The van der Waals surface area contributed by atoms with Crippen molar-refractivity contribution in [3.8, 4) is 0 Å². The Hall–Kier alpha value is -2.32. The van der Waals surface area contributed by atoms with Crippen molar-refractivity contribution in [2.45, 2.75) is 19.3 Å². The van der Waals surface area contributed by atoms with Gasteiger partial charge in [-0.15, -0.1) is 0 Å². The van der Waals surface area contributed by atoms with Crippen molar-refractivity contribution in [1.29, 1.82) is 0 Å². The number of alkyl halides is 2. The molecule has 27 heavy (non-hydrogen) atoms. The minimum atomic E-state index is -2.99. The zero-order valence-corrected chi connectivity index (χ0v) is 15.4. The number of fused-ring (bicyclic) bond motifs is 1. The molecule has 1 saturated heterocycles. The number of hydrazine groups is 1. The molecule has 1 atom stereocenters. The number of rotatable bonds is 2. The molecule has 1 N–H and O–H groups in total. The lowest BCUT2D eigenvalue weighted by Gasteiger charge is -2.41. The average Bonchev–Trinajstić information content (AvgIpc) is 3.07. The zero-order chi connectivity index (χ0) is 19.2. The third-order valence-corrected chi connectivity index (χ3v) is 4.96. The maximum atomic E-state index is 14.5. The van der Waals surface area contributed by atoms with Gasteiger partial charge in [-0.25, -0.2) is 29.2 Å². The van der Waals surface area contributed by atoms with Crippen molar-refractivity contribution in [2.75, 3.05) is 19.8 Å². The summed E-state index contributed by atoms with van der Waals surface area (Å²) in [4.78, 5) is 22.5. The van der Waals surface area contributed by atoms with Crippen molar-refractivity contribution in [1.82, 2.24) is 15.3 Å². The van der Waals surface area contributed by atoms with Gasteiger partial charge in [0, 0.05) is 40.9 Å². The minimum absolute atomic E-state index is 0.186. The molecular formula is C18H18ClF2N5O. The van der Waals surface area contributed by atoms with E-state index in [4.69, 9.17) is 11.6 Å². The van der Waals surface area contributed by atoms with Gasteiger partial charge in [0.25, 0.3) is 11.8 Å². The Morgan fingerprint density at radius 2 is 2.22 bits per heavy atom. The summed E-state index contributed by atoms with van der Waals surface area (Å²) in [5.41, 5.74) is 4.68. The van der Waals surface area contributed by atoms with Crippen molar-refractivity contribution in [2.24, 2.45) is 15.9 Å². The zero-order valence-electron chi connectivity index (χ0n) is 14.6. The van der Waals surface area contributed by atoms with Crippen molar-refractivity contribution in [3.63, 3.8) is 0 Å². The quantitative estimate of drug-likeness (QED) is 0.840. The highest BCUT2D eigenvalue weighted by Crippen LogP contribution is 2.37. The van der Waals surface area contributed by atoms with Crippen LogP contribution < -0.4 is 5.43 Å². The van der Waals surface area contributed by atoms with Crippen molar-refractivity contribution in [3.05, 3.63) is 46.6 Å². The fourth-order valence-electron chi connectivity index (χ4n) is 3.64. The highest BCUT2D eigenvalue weighted by atomic mass is 35.5. The lowest BCUT2D eigenvalue weighted by atomic mass is 9.90. The third kappa shape index (κ3) is 3.59. The number of nitrogens with zero attached hydrogens (tertiary/aromatic N) is 4. The van der Waals surface area contributed by atoms with Crippen molar-refractivity contribution >= 4 is 29.2 Å². The molecule has 3 heterocycles. The van der Waals surface area contributed by atoms with Crippen molar-refractivity contribution < 1.29 is 13.6 Å². The van der Waals surface area contributed by atoms with Crippen LogP contribution in [0.2, 0.25) is 5.02 Å². The largest absolute Gasteiger partial charge is 0.332 e. The molecule has 6 nitrogen and oxygen atoms in total. The number of piperidine rings is 1. The Morgan fingerprint density at radius 3 is 3.00 bits per heavy atom. The van der Waals surface area contributed by atoms with Crippen LogP contribution >= 0.6 is 11.6 Å². The van der Waals surface area contributed by atoms with Gasteiger partial charge in [0.2, 0.25) is 5.96 Å². The summed E-state index contributed by atoms with van der Waals surface area (Å²) < 4.78 is 29.0. The van der Waals surface area contributed by atoms with Gasteiger partial charge in [0.1, 0.15) is 6.67 Å². The molecule has 1 aromatic carbocycles. The van der Waals surface area contributed by atoms with Crippen LogP contribution in [0, 0.1) is 5.92 Å². The van der Waals surface area contributed by atoms with Crippen LogP contribution in [-0.4, -0.2) is 53.2 Å². The number of carbonyl (C=O) groups is 1. The summed E-state index contributed by atoms with van der Waals surface area (Å²) in [6.45, 7) is 1.72. The van der Waals surface area contributed by atoms with E-state index in [0.717, 1.165) is 0 Å². The number of aliphatic imine (C=N–C) groups is 2. The molecule has 1 aromatic rings. The van der Waals surface area contributed by atoms with Gasteiger partial charge in [-0.2, -0.15) is 0 Å². The number of halogens is 3. The number of nitrogens with one attached hydrogen (secondary N) is 1. The number of amides is 1. The molecule has 0 radical (unpaired) electrons. The second kappa shape index (κ2) is 6.69. The maximum Gasteiger partial charge on any atom is 0.266 e. The van der Waals surface area contributed by atoms with E-state index in [9.17, 15) is 13.6 Å². The Labute approximate surface area is 160 Å². The first-order valence-corrected chi connectivity index (χ1v) is 8.98. The molecule has 142 valence electrons. The number of hydrogen-bond acceptors (Lipinski definition) is 5. The normalized spacial score (nSPS) is 24.1. The van der Waals surface area contributed by atoms with Crippen LogP contribution in [0.25, 0.3) is 0 Å². The third-order valence-electron chi connectivity index (χ3n) is 4.73. The molecule has 9 heteroatoms. The van der Waals surface area contributed by atoms with Gasteiger partial charge in [0.05, 0.1) is 6.54 Å². The smallest absolute Gasteiger partial charge is 0.266 e. The van der Waals surface area contributed by atoms with Gasteiger partial charge in [-0.05, 0) is 31.2 Å². The molecule has 1 amide bonds. The fraction of sp³-hybridized carbons (Fsp3) is 0.389. The van der Waals surface area contributed by atoms with E-state index in [1.54, 1.807) is 36.2 Å². The van der Waals surface area contributed by atoms with Gasteiger partial charge < -0.3 is 4.90 Å². The molecule has 0 aromatic heterocycles. The molecule has 1 fully saturated rings. The standard InChI is InChI=1S/C18H18ClF2N5O/c1-11-5-15(26-17(24-11)22-10-23-26)13-7-18(20,21)9-25(8-13)16(27)12-3-2-4-14(19)6-12/h2-6,13,23H,7-10H2,1H3. The average molecular weight is 394 g/mol. The van der Waals surface area contributed by atoms with Crippen LogP contribution in [0.5, 0.6) is 0 Å². The Balaban J connectivity index is 1.62. The highest BCUT2D eigenvalue weighted by Gasteiger charge is 2.45. The first kappa shape index (κ1) is 18.1. The lowest BCUT2D eigenvalue weighted by molar-refractivity contribution is -0.0724. The van der Waals surface area contributed by atoms with Crippen LogP contribution in [0.4, 0.5) is 8.78 Å². The SMILES string of the molecule is CC1=NC2=NCNN2C(C2CN(C(=O)c3cccc(Cl)c3)CC(F)(F)C2)=C1. The number of hydrogen-bond donors (Lipinski definition) is 1. The predicted octanol–water partition coefficient (Wildman–Crippen LogP) is 2.93. The molecule has 0 saturated carbocycles. The molecular weight excluding hydrogens is 376 g/mol. The minimum Gasteiger partial charge on any atom is -0.332 e. The maximum absolute atomic E-state index is 14.5. The van der Waals surface area contributed by atoms with Gasteiger partial charge in [-0.3, -0.25) is 4.79 Å². The van der Waals surface area contributed by atoms with E-state index in [2.05, 4.69) is 15.4 Å². The summed E-state index contributed by atoms with van der Waals surface area (Å²) in [6.07, 6.45) is 1.43. The number of guanidine groups is 1. The first-order valence-electron chi connectivity index (χ1n) is 8.60. The highest BCUT2D eigenvalue weighted by molar-refractivity contribution is 6.30. The number of allylic oxidation sites excluding steroid dienone is 1. The summed E-state index contributed by atoms with van der Waals surface area (Å²) in [5, 5.41) is 2.03. The number of benzene rings is 1. The molecule has 0 spiro atoms. The second-order valence-corrected chi connectivity index (χ2v) is 7.32. The van der Waals surface area contributed by atoms with E-state index < -0.39 is 24.3 Å². The van der Waals surface area contributed by atoms with Crippen LogP contribution in [0.15, 0.2) is 46.0 Å². The molecule has 3 aliphatic rings. The molecule has 4 rings (SSSR count). The first-order chi connectivity index (χ1) is 12.8. The molecule has 0 aliphatic carbocycles. The van der Waals surface area contributed by atoms with Gasteiger partial charge >= 0.3 is 0 Å². The van der Waals surface area contributed by atoms with E-state index in [0.29, 0.717) is 34.6 Å². The molecule has 3 aliphatic heterocycles. The Kier molecular flexibility index (Phi) is 4.47. The topological polar surface area (TPSA) is 60.3 Å². The summed E-state index contributed by atoms with van der Waals surface area (Å²) in [5.74, 6) is -3.52. The summed E-state index contributed by atoms with van der Waals surface area (Å²) in [7, 11) is 0. The Bertz CT molecular complexity index is 882. The monoisotopic (exact) mass is 393 g/mol. The van der Waals surface area contributed by atoms with Gasteiger partial charge in [0.15, 0.2) is 0 Å². The van der Waals surface area contributed by atoms with Crippen LogP contribution in [-0.2, 0) is 0 Å². The molecule has 1 unspecified atom stereocenters. The van der Waals surface area contributed by atoms with E-state index in [1.807, 2.05) is 0 Å². The fourth-order valence-corrected chi connectivity index (χ4v) is 3.83. The van der Waals surface area contributed by atoms with Crippen LogP contribution in [0.3, 0.4) is 0 Å². The van der Waals surface area contributed by atoms with E-state index >= 15 is 0 Å². The second-order valence-electron chi connectivity index (χ2n) is 6.89. The number of likely N-dealkylation sites (tertiary alicyclic amines) is 1. The number of carbonyl (C=O) groups excluding carboxylic acids is 1.